The summed E-state index contributed by atoms with van der Waals surface area (Å²) in [7, 11) is 0. The number of nitrogens with zero attached hydrogens (tertiary/aromatic N) is 2. The van der Waals surface area contributed by atoms with Crippen LogP contribution < -0.4 is 10.9 Å². The van der Waals surface area contributed by atoms with Crippen LogP contribution >= 0.6 is 0 Å². The Morgan fingerprint density at radius 3 is 2.42 bits per heavy atom. The molecular formula is C20H21N3O3. The van der Waals surface area contributed by atoms with Gasteiger partial charge in [-0.05, 0) is 45.0 Å². The Labute approximate surface area is 151 Å². The third-order valence-corrected chi connectivity index (χ3v) is 3.65. The number of benzene rings is 2. The zero-order valence-electron chi connectivity index (χ0n) is 15.0. The van der Waals surface area contributed by atoms with Crippen LogP contribution in [0.1, 0.15) is 26.6 Å². The first-order chi connectivity index (χ1) is 12.3. The molecule has 26 heavy (non-hydrogen) atoms. The number of nitrogens with one attached hydrogen (secondary N) is 1. The molecule has 1 amide bonds. The Morgan fingerprint density at radius 1 is 1.08 bits per heavy atom. The van der Waals surface area contributed by atoms with Gasteiger partial charge in [-0.3, -0.25) is 9.36 Å². The standard InChI is InChI=1S/C20H21N3O3/c1-20(2,3)26-19(25)21-13-17-22-16-12-8-7-11-15(16)18(24)23(17)14-9-5-4-6-10-14/h4-12H,13H2,1-3H3,(H,21,25). The maximum Gasteiger partial charge on any atom is 0.408 e. The predicted octanol–water partition coefficient (Wildman–Crippen LogP) is 3.41. The van der Waals surface area contributed by atoms with Gasteiger partial charge in [0.15, 0.2) is 0 Å². The molecular weight excluding hydrogens is 330 g/mol. The molecule has 0 spiro atoms. The summed E-state index contributed by atoms with van der Waals surface area (Å²) >= 11 is 0. The molecule has 1 N–H and O–H groups in total. The Morgan fingerprint density at radius 2 is 1.73 bits per heavy atom. The molecule has 3 aromatic rings. The van der Waals surface area contributed by atoms with E-state index in [9.17, 15) is 9.59 Å². The van der Waals surface area contributed by atoms with Gasteiger partial charge in [-0.1, -0.05) is 30.3 Å². The molecule has 6 nitrogen and oxygen atoms in total. The second-order valence-corrected chi connectivity index (χ2v) is 6.88. The molecule has 134 valence electrons. The van der Waals surface area contributed by atoms with Crippen molar-refractivity contribution in [3.8, 4) is 5.69 Å². The minimum atomic E-state index is -0.597. The number of carbonyl (C=O) groups excluding carboxylic acids is 1. The third-order valence-electron chi connectivity index (χ3n) is 3.65. The SMILES string of the molecule is CC(C)(C)OC(=O)NCc1nc2ccccc2c(=O)n1-c1ccccc1. The number of rotatable bonds is 3. The number of para-hydroxylation sites is 2. The average Bonchev–Trinajstić information content (AvgIpc) is 2.59. The molecule has 0 unspecified atom stereocenters. The molecule has 3 rings (SSSR count). The number of hydrogen-bond donors (Lipinski definition) is 1. The Kier molecular flexibility index (Phi) is 4.75. The highest BCUT2D eigenvalue weighted by Crippen LogP contribution is 2.13. The molecule has 0 saturated carbocycles. The second kappa shape index (κ2) is 7.00. The van der Waals surface area contributed by atoms with Crippen molar-refractivity contribution in [2.45, 2.75) is 32.9 Å². The molecule has 0 aliphatic carbocycles. The van der Waals surface area contributed by atoms with E-state index in [2.05, 4.69) is 10.3 Å². The fraction of sp³-hybridized carbons (Fsp3) is 0.250. The van der Waals surface area contributed by atoms with Crippen LogP contribution in [0, 0.1) is 0 Å². The third kappa shape index (κ3) is 3.91. The molecule has 1 heterocycles. The van der Waals surface area contributed by atoms with Gasteiger partial charge in [-0.25, -0.2) is 9.78 Å². The van der Waals surface area contributed by atoms with Gasteiger partial charge in [-0.2, -0.15) is 0 Å². The highest BCUT2D eigenvalue weighted by molar-refractivity contribution is 5.78. The number of aromatic nitrogens is 2. The first-order valence-corrected chi connectivity index (χ1v) is 8.38. The van der Waals surface area contributed by atoms with Crippen LogP contribution in [0.25, 0.3) is 16.6 Å². The average molecular weight is 351 g/mol. The quantitative estimate of drug-likeness (QED) is 0.785. The maximum atomic E-state index is 13.0. The van der Waals surface area contributed by atoms with Gasteiger partial charge < -0.3 is 10.1 Å². The normalized spacial score (nSPS) is 11.3. The van der Waals surface area contributed by atoms with Crippen LogP contribution in [-0.2, 0) is 11.3 Å². The van der Waals surface area contributed by atoms with Crippen LogP contribution in [0.4, 0.5) is 4.79 Å². The summed E-state index contributed by atoms with van der Waals surface area (Å²) in [5, 5.41) is 3.20. The fourth-order valence-electron chi connectivity index (χ4n) is 2.61. The first-order valence-electron chi connectivity index (χ1n) is 8.38. The lowest BCUT2D eigenvalue weighted by atomic mass is 10.2. The van der Waals surface area contributed by atoms with E-state index in [4.69, 9.17) is 4.74 Å². The molecule has 0 radical (unpaired) electrons. The summed E-state index contributed by atoms with van der Waals surface area (Å²) < 4.78 is 6.77. The molecule has 0 fully saturated rings. The number of hydrogen-bond acceptors (Lipinski definition) is 4. The lowest BCUT2D eigenvalue weighted by molar-refractivity contribution is 0.0522. The smallest absolute Gasteiger partial charge is 0.408 e. The number of alkyl carbamates (subject to hydrolysis) is 1. The van der Waals surface area contributed by atoms with Crippen LogP contribution in [-0.4, -0.2) is 21.2 Å². The molecule has 0 bridgehead atoms. The van der Waals surface area contributed by atoms with Crippen LogP contribution in [0.15, 0.2) is 59.4 Å². The van der Waals surface area contributed by atoms with Gasteiger partial charge in [0, 0.05) is 0 Å². The lowest BCUT2D eigenvalue weighted by Crippen LogP contribution is -2.34. The molecule has 2 aromatic carbocycles. The van der Waals surface area contributed by atoms with E-state index in [0.717, 1.165) is 0 Å². The molecule has 6 heteroatoms. The lowest BCUT2D eigenvalue weighted by Gasteiger charge is -2.20. The summed E-state index contributed by atoms with van der Waals surface area (Å²) in [6.45, 7) is 5.45. The fourth-order valence-corrected chi connectivity index (χ4v) is 2.61. The van der Waals surface area contributed by atoms with Crippen molar-refractivity contribution in [3.05, 3.63) is 70.8 Å². The zero-order chi connectivity index (χ0) is 18.7. The predicted molar refractivity (Wildman–Crippen MR) is 100 cm³/mol. The van der Waals surface area contributed by atoms with E-state index >= 15 is 0 Å². The minimum absolute atomic E-state index is 0.0733. The summed E-state index contributed by atoms with van der Waals surface area (Å²) in [5.41, 5.74) is 0.505. The van der Waals surface area contributed by atoms with Gasteiger partial charge in [-0.15, -0.1) is 0 Å². The Bertz CT molecular complexity index is 989. The van der Waals surface area contributed by atoms with Crippen molar-refractivity contribution in [1.29, 1.82) is 0 Å². The minimum Gasteiger partial charge on any atom is -0.444 e. The first kappa shape index (κ1) is 17.7. The summed E-state index contributed by atoms with van der Waals surface area (Å²) in [6.07, 6.45) is -0.556. The highest BCUT2D eigenvalue weighted by atomic mass is 16.6. The van der Waals surface area contributed by atoms with Gasteiger partial charge >= 0.3 is 6.09 Å². The maximum absolute atomic E-state index is 13.0. The topological polar surface area (TPSA) is 73.2 Å². The Balaban J connectivity index is 2.03. The van der Waals surface area contributed by atoms with Crippen molar-refractivity contribution in [3.63, 3.8) is 0 Å². The zero-order valence-corrected chi connectivity index (χ0v) is 15.0. The van der Waals surface area contributed by atoms with E-state index in [0.29, 0.717) is 22.4 Å². The van der Waals surface area contributed by atoms with Crippen molar-refractivity contribution < 1.29 is 9.53 Å². The summed E-state index contributed by atoms with van der Waals surface area (Å²) in [4.78, 5) is 29.6. The van der Waals surface area contributed by atoms with Gasteiger partial charge in [0.25, 0.3) is 5.56 Å². The van der Waals surface area contributed by atoms with Crippen molar-refractivity contribution >= 4 is 17.0 Å². The largest absolute Gasteiger partial charge is 0.444 e. The van der Waals surface area contributed by atoms with Crippen molar-refractivity contribution in [2.75, 3.05) is 0 Å². The number of amides is 1. The molecule has 0 aliphatic rings. The van der Waals surface area contributed by atoms with Gasteiger partial charge in [0.1, 0.15) is 11.4 Å². The second-order valence-electron chi connectivity index (χ2n) is 6.88. The van der Waals surface area contributed by atoms with Crippen LogP contribution in [0.5, 0.6) is 0 Å². The van der Waals surface area contributed by atoms with Crippen molar-refractivity contribution in [2.24, 2.45) is 0 Å². The summed E-state index contributed by atoms with van der Waals surface area (Å²) in [6, 6.07) is 16.4. The van der Waals surface area contributed by atoms with Crippen molar-refractivity contribution in [1.82, 2.24) is 14.9 Å². The molecule has 1 aromatic heterocycles. The van der Waals surface area contributed by atoms with Crippen LogP contribution in [0.2, 0.25) is 0 Å². The van der Waals surface area contributed by atoms with E-state index in [-0.39, 0.29) is 12.1 Å². The molecule has 0 atom stereocenters. The summed E-state index contributed by atoms with van der Waals surface area (Å²) in [5.74, 6) is 0.436. The highest BCUT2D eigenvalue weighted by Gasteiger charge is 2.18. The van der Waals surface area contributed by atoms with E-state index in [1.54, 1.807) is 39.0 Å². The number of ether oxygens (including phenoxy) is 1. The van der Waals surface area contributed by atoms with E-state index < -0.39 is 11.7 Å². The Hall–Kier alpha value is -3.15. The number of fused-ring (bicyclic) bond motifs is 1. The molecule has 0 aliphatic heterocycles. The van der Waals surface area contributed by atoms with Gasteiger partial charge in [0.05, 0.1) is 23.1 Å². The van der Waals surface area contributed by atoms with Gasteiger partial charge in [0.2, 0.25) is 0 Å². The van der Waals surface area contributed by atoms with E-state index in [1.165, 1.54) is 4.57 Å². The molecule has 0 saturated heterocycles. The van der Waals surface area contributed by atoms with E-state index in [1.807, 2.05) is 36.4 Å². The number of carbonyl (C=O) groups is 1. The monoisotopic (exact) mass is 351 g/mol. The van der Waals surface area contributed by atoms with Crippen LogP contribution in [0.3, 0.4) is 0 Å².